The Morgan fingerprint density at radius 2 is 2.11 bits per heavy atom. The van der Waals surface area contributed by atoms with Crippen molar-refractivity contribution in [1.29, 1.82) is 0 Å². The van der Waals surface area contributed by atoms with Crippen LogP contribution in [0.2, 0.25) is 10.0 Å². The van der Waals surface area contributed by atoms with Gasteiger partial charge in [-0.15, -0.1) is 5.10 Å². The van der Waals surface area contributed by atoms with E-state index in [4.69, 9.17) is 23.2 Å². The van der Waals surface area contributed by atoms with Gasteiger partial charge in [-0.25, -0.2) is 14.5 Å². The molecule has 0 unspecified atom stereocenters. The largest absolute Gasteiger partial charge is 0.390 e. The molecule has 0 bridgehead atoms. The lowest BCUT2D eigenvalue weighted by atomic mass is 10.2. The summed E-state index contributed by atoms with van der Waals surface area (Å²) in [7, 11) is 0. The molecule has 1 atom stereocenters. The molecule has 0 aliphatic carbocycles. The van der Waals surface area contributed by atoms with E-state index in [0.717, 1.165) is 18.8 Å². The zero-order valence-electron chi connectivity index (χ0n) is 14.1. The molecule has 27 heavy (non-hydrogen) atoms. The molecule has 3 aromatic rings. The van der Waals surface area contributed by atoms with Gasteiger partial charge in [0.25, 0.3) is 5.91 Å². The lowest BCUT2D eigenvalue weighted by Crippen LogP contribution is -2.37. The van der Waals surface area contributed by atoms with Crippen molar-refractivity contribution >= 4 is 40.6 Å². The molecule has 8 nitrogen and oxygen atoms in total. The van der Waals surface area contributed by atoms with E-state index in [2.05, 4.69) is 25.3 Å². The van der Waals surface area contributed by atoms with Crippen molar-refractivity contribution in [3.8, 4) is 0 Å². The second-order valence-electron chi connectivity index (χ2n) is 6.26. The number of hydrogen-bond donors (Lipinski definition) is 2. The Hall–Kier alpha value is -2.42. The predicted octanol–water partition coefficient (Wildman–Crippen LogP) is 1.93. The number of aromatic nitrogens is 4. The van der Waals surface area contributed by atoms with Crippen LogP contribution in [-0.4, -0.2) is 49.7 Å². The third-order valence-corrected chi connectivity index (χ3v) is 5.18. The van der Waals surface area contributed by atoms with Crippen LogP contribution in [0.5, 0.6) is 0 Å². The maximum absolute atomic E-state index is 12.4. The molecule has 1 fully saturated rings. The number of halogens is 2. The van der Waals surface area contributed by atoms with Gasteiger partial charge < -0.3 is 15.3 Å². The number of nitrogens with zero attached hydrogens (tertiary/aromatic N) is 5. The number of rotatable bonds is 4. The second-order valence-corrected chi connectivity index (χ2v) is 7.07. The van der Waals surface area contributed by atoms with E-state index in [-0.39, 0.29) is 24.2 Å². The van der Waals surface area contributed by atoms with Crippen molar-refractivity contribution in [3.63, 3.8) is 0 Å². The Labute approximate surface area is 164 Å². The smallest absolute Gasteiger partial charge is 0.270 e. The molecule has 1 amide bonds. The first-order valence-electron chi connectivity index (χ1n) is 8.36. The Morgan fingerprint density at radius 3 is 2.89 bits per heavy atom. The Kier molecular flexibility index (Phi) is 4.86. The molecular weight excluding hydrogens is 391 g/mol. The van der Waals surface area contributed by atoms with E-state index in [9.17, 15) is 9.90 Å². The quantitative estimate of drug-likeness (QED) is 0.687. The third kappa shape index (κ3) is 3.55. The zero-order valence-corrected chi connectivity index (χ0v) is 15.7. The monoisotopic (exact) mass is 406 g/mol. The molecule has 1 aliphatic heterocycles. The molecule has 0 saturated carbocycles. The molecule has 0 radical (unpaired) electrons. The number of carbonyl (C=O) groups is 1. The number of nitrogens with one attached hydrogen (secondary N) is 1. The first-order valence-corrected chi connectivity index (χ1v) is 9.12. The van der Waals surface area contributed by atoms with Crippen LogP contribution < -0.4 is 10.2 Å². The average molecular weight is 407 g/mol. The van der Waals surface area contributed by atoms with Gasteiger partial charge >= 0.3 is 0 Å². The normalized spacial score (nSPS) is 16.9. The van der Waals surface area contributed by atoms with Gasteiger partial charge in [0.15, 0.2) is 5.65 Å². The molecule has 0 aromatic carbocycles. The summed E-state index contributed by atoms with van der Waals surface area (Å²) in [6.07, 6.45) is 3.75. The fraction of sp³-hybridized carbons (Fsp3) is 0.294. The van der Waals surface area contributed by atoms with Gasteiger partial charge in [-0.2, -0.15) is 0 Å². The Bertz CT molecular complexity index is 1010. The second kappa shape index (κ2) is 7.30. The Morgan fingerprint density at radius 1 is 1.26 bits per heavy atom. The summed E-state index contributed by atoms with van der Waals surface area (Å²) in [4.78, 5) is 22.7. The molecule has 140 valence electrons. The predicted molar refractivity (Wildman–Crippen MR) is 101 cm³/mol. The van der Waals surface area contributed by atoms with Gasteiger partial charge in [-0.1, -0.05) is 23.2 Å². The summed E-state index contributed by atoms with van der Waals surface area (Å²) in [5.74, 6) is 0.473. The first kappa shape index (κ1) is 18.0. The van der Waals surface area contributed by atoms with Crippen LogP contribution in [0.25, 0.3) is 5.65 Å². The maximum atomic E-state index is 12.4. The van der Waals surface area contributed by atoms with Crippen LogP contribution in [0.1, 0.15) is 22.6 Å². The van der Waals surface area contributed by atoms with Crippen LogP contribution in [0.4, 0.5) is 5.82 Å². The molecule has 3 aromatic heterocycles. The number of imidazole rings is 1. The van der Waals surface area contributed by atoms with Crippen LogP contribution in [0.3, 0.4) is 0 Å². The van der Waals surface area contributed by atoms with E-state index < -0.39 is 0 Å². The van der Waals surface area contributed by atoms with Crippen LogP contribution >= 0.6 is 23.2 Å². The number of pyridine rings is 1. The van der Waals surface area contributed by atoms with Crippen molar-refractivity contribution in [2.75, 3.05) is 18.0 Å². The minimum atomic E-state index is -0.291. The first-order chi connectivity index (χ1) is 13.0. The average Bonchev–Trinajstić information content (AvgIpc) is 3.29. The fourth-order valence-electron chi connectivity index (χ4n) is 3.07. The van der Waals surface area contributed by atoms with Crippen molar-refractivity contribution < 1.29 is 9.90 Å². The van der Waals surface area contributed by atoms with Crippen LogP contribution in [0.15, 0.2) is 30.6 Å². The SMILES string of the molecule is O=C(N[C@H]1CCN(c2ccc3ncc(CO)n3n2)C1)c1cc(Cl)c(Cl)cn1. The molecule has 4 rings (SSSR count). The molecule has 0 spiro atoms. The summed E-state index contributed by atoms with van der Waals surface area (Å²) in [5, 5.41) is 17.5. The van der Waals surface area contributed by atoms with Crippen molar-refractivity contribution in [2.45, 2.75) is 19.1 Å². The van der Waals surface area contributed by atoms with Gasteiger partial charge in [0, 0.05) is 25.3 Å². The van der Waals surface area contributed by atoms with Gasteiger partial charge in [0.1, 0.15) is 11.5 Å². The van der Waals surface area contributed by atoms with E-state index in [1.54, 1.807) is 10.7 Å². The van der Waals surface area contributed by atoms with E-state index in [0.29, 0.717) is 27.9 Å². The Balaban J connectivity index is 1.45. The zero-order chi connectivity index (χ0) is 19.0. The van der Waals surface area contributed by atoms with Gasteiger partial charge in [-0.3, -0.25) is 4.79 Å². The van der Waals surface area contributed by atoms with E-state index in [1.165, 1.54) is 12.3 Å². The molecule has 2 N–H and O–H groups in total. The van der Waals surface area contributed by atoms with Crippen LogP contribution in [0, 0.1) is 0 Å². The minimum absolute atomic E-state index is 0.0358. The number of hydrogen-bond acceptors (Lipinski definition) is 6. The van der Waals surface area contributed by atoms with E-state index in [1.807, 2.05) is 12.1 Å². The summed E-state index contributed by atoms with van der Waals surface area (Å²) >= 11 is 11.8. The fourth-order valence-corrected chi connectivity index (χ4v) is 3.33. The van der Waals surface area contributed by atoms with Crippen LogP contribution in [-0.2, 0) is 6.61 Å². The number of anilines is 1. The third-order valence-electron chi connectivity index (χ3n) is 4.47. The van der Waals surface area contributed by atoms with E-state index >= 15 is 0 Å². The van der Waals surface area contributed by atoms with Gasteiger partial charge in [0.05, 0.1) is 28.5 Å². The highest BCUT2D eigenvalue weighted by Crippen LogP contribution is 2.22. The highest BCUT2D eigenvalue weighted by Gasteiger charge is 2.26. The molecule has 1 aliphatic rings. The van der Waals surface area contributed by atoms with Crippen molar-refractivity contribution in [2.24, 2.45) is 0 Å². The summed E-state index contributed by atoms with van der Waals surface area (Å²) < 4.78 is 1.63. The topological polar surface area (TPSA) is 95.7 Å². The number of aliphatic hydroxyl groups is 1. The number of amides is 1. The van der Waals surface area contributed by atoms with Crippen molar-refractivity contribution in [1.82, 2.24) is 24.9 Å². The highest BCUT2D eigenvalue weighted by atomic mass is 35.5. The number of carbonyl (C=O) groups excluding carboxylic acids is 1. The standard InChI is InChI=1S/C17H16Cl2N6O2/c18-12-5-14(20-7-13(12)19)17(27)22-10-3-4-24(8-10)16-2-1-15-21-6-11(9-26)25(15)23-16/h1-2,5-7,10,26H,3-4,8-9H2,(H,22,27)/t10-/m0/s1. The number of fused-ring (bicyclic) bond motifs is 1. The molecule has 1 saturated heterocycles. The minimum Gasteiger partial charge on any atom is -0.390 e. The molecule has 4 heterocycles. The lowest BCUT2D eigenvalue weighted by Gasteiger charge is -2.18. The molecule has 10 heteroatoms. The lowest BCUT2D eigenvalue weighted by molar-refractivity contribution is 0.0935. The summed E-state index contributed by atoms with van der Waals surface area (Å²) in [6.45, 7) is 1.24. The highest BCUT2D eigenvalue weighted by molar-refractivity contribution is 6.42. The summed E-state index contributed by atoms with van der Waals surface area (Å²) in [5.41, 5.74) is 1.53. The van der Waals surface area contributed by atoms with Gasteiger partial charge in [0.2, 0.25) is 0 Å². The maximum Gasteiger partial charge on any atom is 0.270 e. The summed E-state index contributed by atoms with van der Waals surface area (Å²) in [6, 6.07) is 5.16. The van der Waals surface area contributed by atoms with Gasteiger partial charge in [-0.05, 0) is 24.6 Å². The van der Waals surface area contributed by atoms with Crippen molar-refractivity contribution in [3.05, 3.63) is 52.0 Å². The molecular formula is C17H16Cl2N6O2. The number of aliphatic hydroxyl groups excluding tert-OH is 1.